The SMILES string of the molecule is CCOC(=O)CN1C(=O)S/C(=C\c2ccc(-c3ccc(Cl)c(C(=O)[O-])c3)o2)C1=O. The van der Waals surface area contributed by atoms with Gasteiger partial charge in [-0.2, -0.15) is 0 Å². The predicted octanol–water partition coefficient (Wildman–Crippen LogP) is 2.56. The van der Waals surface area contributed by atoms with Gasteiger partial charge in [-0.1, -0.05) is 11.6 Å². The molecule has 1 saturated heterocycles. The summed E-state index contributed by atoms with van der Waals surface area (Å²) in [6.45, 7) is 1.30. The molecule has 0 unspecified atom stereocenters. The van der Waals surface area contributed by atoms with Crippen LogP contribution in [0.25, 0.3) is 17.4 Å². The fourth-order valence-electron chi connectivity index (χ4n) is 2.52. The second-order valence-electron chi connectivity index (χ2n) is 5.76. The van der Waals surface area contributed by atoms with Crippen LogP contribution in [0.2, 0.25) is 5.02 Å². The van der Waals surface area contributed by atoms with E-state index in [1.807, 2.05) is 0 Å². The summed E-state index contributed by atoms with van der Waals surface area (Å²) >= 11 is 6.50. The number of furan rings is 1. The Bertz CT molecular complexity index is 1040. The molecule has 0 radical (unpaired) electrons. The summed E-state index contributed by atoms with van der Waals surface area (Å²) in [5.74, 6) is -2.12. The van der Waals surface area contributed by atoms with E-state index in [1.165, 1.54) is 18.2 Å². The van der Waals surface area contributed by atoms with Gasteiger partial charge in [-0.15, -0.1) is 0 Å². The monoisotopic (exact) mass is 434 g/mol. The predicted molar refractivity (Wildman–Crippen MR) is 103 cm³/mol. The summed E-state index contributed by atoms with van der Waals surface area (Å²) < 4.78 is 10.4. The van der Waals surface area contributed by atoms with Crippen molar-refractivity contribution in [3.8, 4) is 11.3 Å². The molecule has 0 N–H and O–H groups in total. The molecule has 29 heavy (non-hydrogen) atoms. The van der Waals surface area contributed by atoms with Crippen molar-refractivity contribution in [3.05, 3.63) is 51.6 Å². The number of carbonyl (C=O) groups excluding carboxylic acids is 4. The van der Waals surface area contributed by atoms with Crippen molar-refractivity contribution >= 4 is 52.5 Å². The number of carbonyl (C=O) groups is 4. The zero-order chi connectivity index (χ0) is 21.1. The van der Waals surface area contributed by atoms with E-state index in [2.05, 4.69) is 0 Å². The Labute approximate surface area is 174 Å². The van der Waals surface area contributed by atoms with E-state index in [0.717, 1.165) is 4.90 Å². The van der Waals surface area contributed by atoms with Gasteiger partial charge in [0.25, 0.3) is 11.1 Å². The summed E-state index contributed by atoms with van der Waals surface area (Å²) in [6, 6.07) is 7.43. The van der Waals surface area contributed by atoms with Gasteiger partial charge in [-0.3, -0.25) is 19.3 Å². The van der Waals surface area contributed by atoms with E-state index < -0.39 is 29.6 Å². The van der Waals surface area contributed by atoms with Crippen LogP contribution >= 0.6 is 23.4 Å². The van der Waals surface area contributed by atoms with Gasteiger partial charge in [0.2, 0.25) is 0 Å². The second kappa shape index (κ2) is 8.54. The molecule has 8 nitrogen and oxygen atoms in total. The summed E-state index contributed by atoms with van der Waals surface area (Å²) in [5, 5.41) is 10.6. The number of benzene rings is 1. The molecule has 0 bridgehead atoms. The average molecular weight is 435 g/mol. The van der Waals surface area contributed by atoms with Crippen molar-refractivity contribution in [2.24, 2.45) is 0 Å². The maximum Gasteiger partial charge on any atom is 0.326 e. The molecule has 1 fully saturated rings. The highest BCUT2D eigenvalue weighted by Gasteiger charge is 2.36. The normalized spacial score (nSPS) is 15.2. The summed E-state index contributed by atoms with van der Waals surface area (Å²) in [4.78, 5) is 47.9. The van der Waals surface area contributed by atoms with E-state index >= 15 is 0 Å². The molecule has 2 amide bonds. The molecule has 0 spiro atoms. The number of rotatable bonds is 6. The van der Waals surface area contributed by atoms with Crippen LogP contribution in [0.3, 0.4) is 0 Å². The van der Waals surface area contributed by atoms with Gasteiger partial charge in [-0.05, 0) is 49.0 Å². The lowest BCUT2D eigenvalue weighted by molar-refractivity contribution is -0.255. The largest absolute Gasteiger partial charge is 0.545 e. The third kappa shape index (κ3) is 4.52. The molecule has 0 aliphatic carbocycles. The first-order valence-corrected chi connectivity index (χ1v) is 9.51. The van der Waals surface area contributed by atoms with Crippen molar-refractivity contribution in [1.29, 1.82) is 0 Å². The number of nitrogens with zero attached hydrogens (tertiary/aromatic N) is 1. The fraction of sp³-hybridized carbons (Fsp3) is 0.158. The van der Waals surface area contributed by atoms with Crippen molar-refractivity contribution in [2.45, 2.75) is 6.92 Å². The minimum Gasteiger partial charge on any atom is -0.545 e. The molecule has 0 atom stereocenters. The van der Waals surface area contributed by atoms with Crippen LogP contribution in [0, 0.1) is 0 Å². The van der Waals surface area contributed by atoms with Gasteiger partial charge in [0, 0.05) is 22.2 Å². The lowest BCUT2D eigenvalue weighted by Gasteiger charge is -2.10. The van der Waals surface area contributed by atoms with Crippen LogP contribution in [0.4, 0.5) is 4.79 Å². The molecule has 1 aliphatic rings. The number of aromatic carboxylic acids is 1. The van der Waals surface area contributed by atoms with Gasteiger partial charge in [0.15, 0.2) is 0 Å². The van der Waals surface area contributed by atoms with E-state index in [-0.39, 0.29) is 27.9 Å². The quantitative estimate of drug-likeness (QED) is 0.503. The number of imide groups is 1. The van der Waals surface area contributed by atoms with Crippen LogP contribution in [0.1, 0.15) is 23.0 Å². The number of halogens is 1. The molecule has 1 aliphatic heterocycles. The van der Waals surface area contributed by atoms with Gasteiger partial charge >= 0.3 is 5.97 Å². The molecule has 3 rings (SSSR count). The van der Waals surface area contributed by atoms with Crippen LogP contribution in [-0.2, 0) is 14.3 Å². The molecule has 10 heteroatoms. The topological polar surface area (TPSA) is 117 Å². The lowest BCUT2D eigenvalue weighted by atomic mass is 10.1. The van der Waals surface area contributed by atoms with E-state index in [1.54, 1.807) is 25.1 Å². The van der Waals surface area contributed by atoms with Crippen molar-refractivity contribution in [2.75, 3.05) is 13.2 Å². The average Bonchev–Trinajstić information content (AvgIpc) is 3.23. The number of esters is 1. The Morgan fingerprint density at radius 1 is 1.28 bits per heavy atom. The fourth-order valence-corrected chi connectivity index (χ4v) is 3.53. The number of hydrogen-bond acceptors (Lipinski definition) is 8. The molecular weight excluding hydrogens is 422 g/mol. The molecule has 0 saturated carbocycles. The molecule has 150 valence electrons. The van der Waals surface area contributed by atoms with Crippen LogP contribution in [0.5, 0.6) is 0 Å². The Kier molecular flexibility index (Phi) is 6.09. The first kappa shape index (κ1) is 20.7. The number of ether oxygens (including phenoxy) is 1. The van der Waals surface area contributed by atoms with Gasteiger partial charge < -0.3 is 19.1 Å². The highest BCUT2D eigenvalue weighted by Crippen LogP contribution is 2.33. The van der Waals surface area contributed by atoms with E-state index in [4.69, 9.17) is 20.8 Å². The van der Waals surface area contributed by atoms with Crippen LogP contribution in [0.15, 0.2) is 39.7 Å². The highest BCUT2D eigenvalue weighted by atomic mass is 35.5. The van der Waals surface area contributed by atoms with E-state index in [9.17, 15) is 24.3 Å². The zero-order valence-electron chi connectivity index (χ0n) is 15.0. The zero-order valence-corrected chi connectivity index (χ0v) is 16.5. The highest BCUT2D eigenvalue weighted by molar-refractivity contribution is 8.18. The Hall–Kier alpha value is -3.04. The van der Waals surface area contributed by atoms with Gasteiger partial charge in [-0.25, -0.2) is 0 Å². The molecule has 1 aromatic heterocycles. The Morgan fingerprint density at radius 3 is 2.72 bits per heavy atom. The maximum atomic E-state index is 12.4. The summed E-state index contributed by atoms with van der Waals surface area (Å²) in [5.41, 5.74) is 0.269. The number of thioether (sulfide) groups is 1. The third-order valence-corrected chi connectivity index (χ3v) is 5.07. The van der Waals surface area contributed by atoms with Crippen LogP contribution in [-0.4, -0.2) is 41.1 Å². The van der Waals surface area contributed by atoms with Crippen molar-refractivity contribution < 1.29 is 33.4 Å². The molecular formula is C19H13ClNO7S-. The number of carboxylic acid groups (broad SMARTS) is 1. The number of amides is 2. The first-order chi connectivity index (χ1) is 13.8. The van der Waals surface area contributed by atoms with Crippen molar-refractivity contribution in [3.63, 3.8) is 0 Å². The Balaban J connectivity index is 1.81. The number of hydrogen-bond donors (Lipinski definition) is 0. The summed E-state index contributed by atoms with van der Waals surface area (Å²) in [6.07, 6.45) is 1.37. The van der Waals surface area contributed by atoms with Crippen LogP contribution < -0.4 is 5.11 Å². The molecule has 1 aromatic carbocycles. The minimum atomic E-state index is -1.42. The molecule has 2 heterocycles. The Morgan fingerprint density at radius 2 is 2.03 bits per heavy atom. The number of carboxylic acids is 1. The summed E-state index contributed by atoms with van der Waals surface area (Å²) in [7, 11) is 0. The first-order valence-electron chi connectivity index (χ1n) is 8.32. The standard InChI is InChI=1S/C19H14ClNO7S/c1-2-27-16(22)9-21-17(23)15(29-19(21)26)8-11-4-6-14(28-11)10-3-5-13(20)12(7-10)18(24)25/h3-8H,2,9H2,1H3,(H,24,25)/p-1/b15-8-. The molecule has 2 aromatic rings. The lowest BCUT2D eigenvalue weighted by Crippen LogP contribution is -2.34. The van der Waals surface area contributed by atoms with Crippen molar-refractivity contribution in [1.82, 2.24) is 4.90 Å². The second-order valence-corrected chi connectivity index (χ2v) is 7.16. The minimum absolute atomic E-state index is 0.0378. The maximum absolute atomic E-state index is 12.4. The van der Waals surface area contributed by atoms with E-state index in [0.29, 0.717) is 23.1 Å². The smallest absolute Gasteiger partial charge is 0.326 e. The van der Waals surface area contributed by atoms with Gasteiger partial charge in [0.1, 0.15) is 18.1 Å². The third-order valence-electron chi connectivity index (χ3n) is 3.84. The van der Waals surface area contributed by atoms with Gasteiger partial charge in [0.05, 0.1) is 17.5 Å².